The molecule has 4 fully saturated rings. The lowest BCUT2D eigenvalue weighted by molar-refractivity contribution is -0.154. The summed E-state index contributed by atoms with van der Waals surface area (Å²) in [6.07, 6.45) is 1.79. The second-order valence-corrected chi connectivity index (χ2v) is 9.68. The minimum atomic E-state index is -0.733. The number of rotatable bonds is 1. The summed E-state index contributed by atoms with van der Waals surface area (Å²) in [6.45, 7) is 12.0. The van der Waals surface area contributed by atoms with Crippen molar-refractivity contribution in [1.82, 2.24) is 0 Å². The Labute approximate surface area is 163 Å². The van der Waals surface area contributed by atoms with Gasteiger partial charge in [-0.3, -0.25) is 4.79 Å². The molecule has 0 aromatic carbocycles. The van der Waals surface area contributed by atoms with Crippen LogP contribution in [0.1, 0.15) is 50.0 Å². The normalized spacial score (nSPS) is 52.5. The van der Waals surface area contributed by atoms with Crippen molar-refractivity contribution < 1.29 is 28.5 Å². The van der Waals surface area contributed by atoms with Crippen LogP contribution in [-0.4, -0.2) is 46.2 Å². The van der Waals surface area contributed by atoms with Gasteiger partial charge in [-0.15, -0.1) is 0 Å². The molecule has 0 radical (unpaired) electrons. The van der Waals surface area contributed by atoms with E-state index in [4.69, 9.17) is 18.6 Å². The maximum absolute atomic E-state index is 11.9. The first-order valence-electron chi connectivity index (χ1n) is 10.2. The van der Waals surface area contributed by atoms with Gasteiger partial charge < -0.3 is 23.7 Å². The van der Waals surface area contributed by atoms with Crippen molar-refractivity contribution in [1.29, 1.82) is 0 Å². The number of esters is 1. The third-order valence-corrected chi connectivity index (χ3v) is 8.12. The lowest BCUT2D eigenvalue weighted by Gasteiger charge is -2.41. The fourth-order valence-electron chi connectivity index (χ4n) is 7.17. The van der Waals surface area contributed by atoms with Crippen LogP contribution in [0.15, 0.2) is 22.8 Å². The summed E-state index contributed by atoms with van der Waals surface area (Å²) in [7, 11) is 0. The number of hydrogen-bond donors (Lipinski definition) is 1. The monoisotopic (exact) mass is 386 g/mol. The Morgan fingerprint density at radius 2 is 2.14 bits per heavy atom. The molecule has 2 saturated carbocycles. The first-order valence-corrected chi connectivity index (χ1v) is 10.2. The van der Waals surface area contributed by atoms with Gasteiger partial charge in [0.1, 0.15) is 34.8 Å². The molecule has 9 atom stereocenters. The Hall–Kier alpha value is -1.63. The van der Waals surface area contributed by atoms with Gasteiger partial charge in [-0.05, 0) is 37.3 Å². The maximum atomic E-state index is 11.9. The van der Waals surface area contributed by atoms with Crippen molar-refractivity contribution in [3.63, 3.8) is 0 Å². The molecular formula is C22H26O6. The standard InChI is InChI=1S/C22H26O6/c1-9-7-21-19-20(5,27-19)17-15-10(2)8-25-14(15)6-13(24)11(3)16(17)22(21,28-21)18(9)26-12(4)23/h8-9,13,16-19,24H,3,6-7H2,1-2,4-5H3. The number of hydrogen-bond acceptors (Lipinski definition) is 6. The van der Waals surface area contributed by atoms with Crippen LogP contribution >= 0.6 is 0 Å². The molecule has 0 bridgehead atoms. The fraction of sp³-hybridized carbons (Fsp3) is 0.682. The Morgan fingerprint density at radius 3 is 2.86 bits per heavy atom. The summed E-state index contributed by atoms with van der Waals surface area (Å²) >= 11 is 0. The first-order chi connectivity index (χ1) is 13.2. The number of carbonyl (C=O) groups is 1. The number of aliphatic hydroxyl groups excluding tert-OH is 1. The van der Waals surface area contributed by atoms with Crippen molar-refractivity contribution in [2.45, 2.75) is 81.6 Å². The Balaban J connectivity index is 1.59. The van der Waals surface area contributed by atoms with Crippen molar-refractivity contribution in [3.8, 4) is 0 Å². The summed E-state index contributed by atoms with van der Waals surface area (Å²) in [4.78, 5) is 11.9. The van der Waals surface area contributed by atoms with Gasteiger partial charge in [-0.25, -0.2) is 0 Å². The van der Waals surface area contributed by atoms with Crippen LogP contribution < -0.4 is 0 Å². The topological polar surface area (TPSA) is 84.7 Å². The molecule has 28 heavy (non-hydrogen) atoms. The second-order valence-electron chi connectivity index (χ2n) is 9.68. The summed E-state index contributed by atoms with van der Waals surface area (Å²) in [5.41, 5.74) is 1.35. The van der Waals surface area contributed by atoms with E-state index in [2.05, 4.69) is 20.4 Å². The molecule has 0 spiro atoms. The van der Waals surface area contributed by atoms with Gasteiger partial charge in [-0.2, -0.15) is 0 Å². The molecule has 6 rings (SSSR count). The molecular weight excluding hydrogens is 360 g/mol. The van der Waals surface area contributed by atoms with Crippen LogP contribution in [0, 0.1) is 18.8 Å². The molecule has 3 heterocycles. The molecule has 2 aliphatic heterocycles. The molecule has 5 aliphatic rings. The third kappa shape index (κ3) is 1.63. The quantitative estimate of drug-likeness (QED) is 0.453. The summed E-state index contributed by atoms with van der Waals surface area (Å²) in [6, 6.07) is 0. The second kappa shape index (κ2) is 4.74. The van der Waals surface area contributed by atoms with Gasteiger partial charge in [0.15, 0.2) is 0 Å². The van der Waals surface area contributed by atoms with E-state index >= 15 is 0 Å². The molecule has 2 saturated heterocycles. The highest BCUT2D eigenvalue weighted by Gasteiger charge is 2.96. The Kier molecular flexibility index (Phi) is 2.92. The molecule has 150 valence electrons. The van der Waals surface area contributed by atoms with E-state index in [9.17, 15) is 9.90 Å². The van der Waals surface area contributed by atoms with Gasteiger partial charge in [-0.1, -0.05) is 13.5 Å². The number of ether oxygens (including phenoxy) is 3. The Morgan fingerprint density at radius 1 is 1.39 bits per heavy atom. The van der Waals surface area contributed by atoms with E-state index in [1.54, 1.807) is 6.26 Å². The highest BCUT2D eigenvalue weighted by molar-refractivity contribution is 5.67. The molecule has 1 N–H and O–H groups in total. The van der Waals surface area contributed by atoms with Crippen LogP contribution in [0.3, 0.4) is 0 Å². The van der Waals surface area contributed by atoms with E-state index in [0.29, 0.717) is 6.42 Å². The lowest BCUT2D eigenvalue weighted by atomic mass is 9.58. The average Bonchev–Trinajstić information content (AvgIpc) is 3.43. The molecule has 3 aliphatic carbocycles. The Bertz CT molecular complexity index is 933. The van der Waals surface area contributed by atoms with Crippen LogP contribution in [0.5, 0.6) is 0 Å². The van der Waals surface area contributed by atoms with Crippen LogP contribution in [-0.2, 0) is 25.4 Å². The largest absolute Gasteiger partial charge is 0.469 e. The van der Waals surface area contributed by atoms with Gasteiger partial charge in [0.25, 0.3) is 0 Å². The summed E-state index contributed by atoms with van der Waals surface area (Å²) < 4.78 is 24.6. The predicted molar refractivity (Wildman–Crippen MR) is 97.7 cm³/mol. The zero-order chi connectivity index (χ0) is 19.8. The van der Waals surface area contributed by atoms with Crippen molar-refractivity contribution in [3.05, 3.63) is 35.3 Å². The van der Waals surface area contributed by atoms with E-state index in [0.717, 1.165) is 28.9 Å². The number of aryl methyl sites for hydroxylation is 1. The third-order valence-electron chi connectivity index (χ3n) is 8.12. The molecule has 6 nitrogen and oxygen atoms in total. The highest BCUT2D eigenvalue weighted by Crippen LogP contribution is 2.81. The minimum absolute atomic E-state index is 0.0464. The molecule has 6 heteroatoms. The molecule has 1 aromatic rings. The van der Waals surface area contributed by atoms with E-state index in [1.807, 2.05) is 6.92 Å². The number of epoxide rings is 2. The van der Waals surface area contributed by atoms with Crippen molar-refractivity contribution in [2.24, 2.45) is 11.8 Å². The molecule has 1 aromatic heterocycles. The zero-order valence-corrected chi connectivity index (χ0v) is 16.7. The number of furan rings is 1. The smallest absolute Gasteiger partial charge is 0.303 e. The van der Waals surface area contributed by atoms with Gasteiger partial charge in [0, 0.05) is 30.7 Å². The minimum Gasteiger partial charge on any atom is -0.469 e. The number of fused-ring (bicyclic) bond motifs is 5. The van der Waals surface area contributed by atoms with Crippen LogP contribution in [0.25, 0.3) is 0 Å². The maximum Gasteiger partial charge on any atom is 0.303 e. The van der Waals surface area contributed by atoms with Crippen molar-refractivity contribution in [2.75, 3.05) is 0 Å². The van der Waals surface area contributed by atoms with Crippen LogP contribution in [0.2, 0.25) is 0 Å². The van der Waals surface area contributed by atoms with E-state index in [-0.39, 0.29) is 35.9 Å². The number of aliphatic hydroxyl groups is 1. The van der Waals surface area contributed by atoms with Gasteiger partial charge in [0.2, 0.25) is 0 Å². The van der Waals surface area contributed by atoms with Gasteiger partial charge in [0.05, 0.1) is 12.4 Å². The lowest BCUT2D eigenvalue weighted by Crippen LogP contribution is -2.54. The predicted octanol–water partition coefficient (Wildman–Crippen LogP) is 2.41. The van der Waals surface area contributed by atoms with Crippen molar-refractivity contribution >= 4 is 5.97 Å². The zero-order valence-electron chi connectivity index (χ0n) is 16.7. The number of carbonyl (C=O) groups excluding carboxylic acids is 1. The summed E-state index contributed by atoms with van der Waals surface area (Å²) in [5.74, 6) is 0.406. The van der Waals surface area contributed by atoms with E-state index in [1.165, 1.54) is 6.92 Å². The van der Waals surface area contributed by atoms with Crippen LogP contribution in [0.4, 0.5) is 0 Å². The SMILES string of the molecule is C=C1C(O)Cc2occ(C)c2C2C1C13OC1(CC(C)C3OC(C)=O)C1OC21C. The summed E-state index contributed by atoms with van der Waals surface area (Å²) in [5, 5.41) is 11.0. The molecule has 0 amide bonds. The fourth-order valence-corrected chi connectivity index (χ4v) is 7.17. The van der Waals surface area contributed by atoms with Gasteiger partial charge >= 0.3 is 5.97 Å². The highest BCUT2D eigenvalue weighted by atomic mass is 16.7. The van der Waals surface area contributed by atoms with E-state index < -0.39 is 22.9 Å². The first kappa shape index (κ1) is 17.2. The average molecular weight is 386 g/mol. The molecule has 9 unspecified atom stereocenters.